The number of aromatic nitrogens is 1. The monoisotopic (exact) mass is 340 g/mol. The zero-order valence-electron chi connectivity index (χ0n) is 14.9. The first-order valence-corrected chi connectivity index (χ1v) is 7.96. The second kappa shape index (κ2) is 6.89. The molecule has 0 bridgehead atoms. The van der Waals surface area contributed by atoms with Gasteiger partial charge in [0.2, 0.25) is 0 Å². The van der Waals surface area contributed by atoms with E-state index in [1.807, 2.05) is 43.6 Å². The zero-order chi connectivity index (χ0) is 18.0. The molecule has 2 aromatic carbocycles. The van der Waals surface area contributed by atoms with E-state index in [-0.39, 0.29) is 5.75 Å². The number of ether oxygens (including phenoxy) is 3. The van der Waals surface area contributed by atoms with E-state index in [0.717, 1.165) is 22.0 Å². The van der Waals surface area contributed by atoms with Crippen LogP contribution < -0.4 is 18.8 Å². The van der Waals surface area contributed by atoms with Gasteiger partial charge in [-0.1, -0.05) is 6.07 Å². The van der Waals surface area contributed by atoms with E-state index in [9.17, 15) is 5.11 Å². The summed E-state index contributed by atoms with van der Waals surface area (Å²) in [6.07, 6.45) is 2.70. The molecular formula is C20H22NO4+. The molecule has 25 heavy (non-hydrogen) atoms. The van der Waals surface area contributed by atoms with Gasteiger partial charge in [0.05, 0.1) is 33.1 Å². The van der Waals surface area contributed by atoms with Gasteiger partial charge in [0.15, 0.2) is 34.9 Å². The number of aromatic hydroxyl groups is 1. The van der Waals surface area contributed by atoms with Crippen LogP contribution in [0.15, 0.2) is 42.6 Å². The van der Waals surface area contributed by atoms with Crippen LogP contribution in [0.25, 0.3) is 10.8 Å². The van der Waals surface area contributed by atoms with Crippen LogP contribution >= 0.6 is 0 Å². The van der Waals surface area contributed by atoms with Crippen LogP contribution in [0, 0.1) is 0 Å². The van der Waals surface area contributed by atoms with Crippen molar-refractivity contribution in [3.05, 3.63) is 53.9 Å². The van der Waals surface area contributed by atoms with Crippen molar-refractivity contribution in [1.82, 2.24) is 0 Å². The second-order valence-corrected chi connectivity index (χ2v) is 5.85. The molecule has 0 aliphatic carbocycles. The molecule has 1 N–H and O–H groups in total. The van der Waals surface area contributed by atoms with Crippen LogP contribution in [-0.4, -0.2) is 26.4 Å². The third kappa shape index (κ3) is 3.18. The van der Waals surface area contributed by atoms with Gasteiger partial charge >= 0.3 is 0 Å². The molecule has 0 spiro atoms. The lowest BCUT2D eigenvalue weighted by molar-refractivity contribution is -0.677. The Bertz CT molecular complexity index is 921. The summed E-state index contributed by atoms with van der Waals surface area (Å²) in [5.74, 6) is 2.02. The molecule has 0 unspecified atom stereocenters. The van der Waals surface area contributed by atoms with Crippen LogP contribution in [0.3, 0.4) is 0 Å². The highest BCUT2D eigenvalue weighted by atomic mass is 16.5. The van der Waals surface area contributed by atoms with Crippen molar-refractivity contribution in [3.8, 4) is 23.0 Å². The Hall–Kier alpha value is -2.95. The van der Waals surface area contributed by atoms with Gasteiger partial charge in [0.25, 0.3) is 0 Å². The van der Waals surface area contributed by atoms with E-state index in [4.69, 9.17) is 14.2 Å². The van der Waals surface area contributed by atoms with Gasteiger partial charge in [-0.3, -0.25) is 0 Å². The van der Waals surface area contributed by atoms with E-state index in [1.165, 1.54) is 0 Å². The van der Waals surface area contributed by atoms with Crippen LogP contribution in [-0.2, 0) is 13.5 Å². The molecule has 0 saturated heterocycles. The van der Waals surface area contributed by atoms with Gasteiger partial charge in [-0.05, 0) is 35.2 Å². The molecule has 5 heteroatoms. The van der Waals surface area contributed by atoms with E-state index < -0.39 is 0 Å². The van der Waals surface area contributed by atoms with Crippen molar-refractivity contribution in [2.24, 2.45) is 7.05 Å². The van der Waals surface area contributed by atoms with Crippen molar-refractivity contribution in [3.63, 3.8) is 0 Å². The Kier molecular flexibility index (Phi) is 4.65. The maximum absolute atomic E-state index is 10.0. The molecule has 0 amide bonds. The summed E-state index contributed by atoms with van der Waals surface area (Å²) in [6, 6.07) is 11.5. The van der Waals surface area contributed by atoms with Gasteiger partial charge in [0, 0.05) is 6.07 Å². The van der Waals surface area contributed by atoms with Crippen molar-refractivity contribution >= 4 is 10.8 Å². The molecule has 1 heterocycles. The van der Waals surface area contributed by atoms with Crippen LogP contribution in [0.4, 0.5) is 0 Å². The molecule has 130 valence electrons. The highest BCUT2D eigenvalue weighted by Gasteiger charge is 2.17. The average molecular weight is 340 g/mol. The number of methoxy groups -OCH3 is 3. The lowest BCUT2D eigenvalue weighted by Crippen LogP contribution is -2.33. The quantitative estimate of drug-likeness (QED) is 0.726. The average Bonchev–Trinajstić information content (AvgIpc) is 2.63. The Morgan fingerprint density at radius 3 is 2.28 bits per heavy atom. The molecule has 0 aliphatic rings. The molecule has 1 aromatic heterocycles. The maximum Gasteiger partial charge on any atom is 0.193 e. The predicted molar refractivity (Wildman–Crippen MR) is 95.7 cm³/mol. The SMILES string of the molecule is COc1cc2c(Cc3ccc(OC)c(OC)c3)[n+](C)ccc2cc1O. The molecule has 0 radical (unpaired) electrons. The summed E-state index contributed by atoms with van der Waals surface area (Å²) < 4.78 is 18.1. The Balaban J connectivity index is 2.10. The number of benzene rings is 2. The fourth-order valence-corrected chi connectivity index (χ4v) is 3.01. The summed E-state index contributed by atoms with van der Waals surface area (Å²) in [4.78, 5) is 0. The first-order chi connectivity index (χ1) is 12.1. The fourth-order valence-electron chi connectivity index (χ4n) is 3.01. The molecule has 3 rings (SSSR count). The van der Waals surface area contributed by atoms with Crippen LogP contribution in [0.1, 0.15) is 11.3 Å². The van der Waals surface area contributed by atoms with Gasteiger partial charge in [-0.25, -0.2) is 4.57 Å². The van der Waals surface area contributed by atoms with Gasteiger partial charge < -0.3 is 19.3 Å². The maximum atomic E-state index is 10.0. The molecule has 0 saturated carbocycles. The number of aryl methyl sites for hydroxylation is 1. The lowest BCUT2D eigenvalue weighted by Gasteiger charge is -2.11. The Morgan fingerprint density at radius 1 is 0.880 bits per heavy atom. The third-order valence-corrected chi connectivity index (χ3v) is 4.38. The van der Waals surface area contributed by atoms with Crippen molar-refractivity contribution < 1.29 is 23.9 Å². The molecule has 0 fully saturated rings. The topological polar surface area (TPSA) is 51.8 Å². The minimum atomic E-state index is 0.140. The molecule has 3 aromatic rings. The number of phenols is 1. The highest BCUT2D eigenvalue weighted by molar-refractivity contribution is 5.87. The smallest absolute Gasteiger partial charge is 0.193 e. The molecule has 0 atom stereocenters. The van der Waals surface area contributed by atoms with Crippen LogP contribution in [0.2, 0.25) is 0 Å². The molecule has 0 aliphatic heterocycles. The lowest BCUT2D eigenvalue weighted by atomic mass is 10.0. The van der Waals surface area contributed by atoms with Gasteiger partial charge in [-0.2, -0.15) is 0 Å². The molecule has 5 nitrogen and oxygen atoms in total. The van der Waals surface area contributed by atoms with Gasteiger partial charge in [-0.15, -0.1) is 0 Å². The van der Waals surface area contributed by atoms with Gasteiger partial charge in [0.1, 0.15) is 7.05 Å². The first-order valence-electron chi connectivity index (χ1n) is 7.96. The van der Waals surface area contributed by atoms with Crippen molar-refractivity contribution in [2.45, 2.75) is 6.42 Å². The third-order valence-electron chi connectivity index (χ3n) is 4.38. The summed E-state index contributed by atoms with van der Waals surface area (Å²) in [6.45, 7) is 0. The van der Waals surface area contributed by atoms with E-state index >= 15 is 0 Å². The first kappa shape index (κ1) is 16.9. The standard InChI is InChI=1S/C20H21NO4/c1-21-8-7-14-11-17(22)19(24-3)12-15(14)16(21)9-13-5-6-18(23-2)20(10-13)25-4/h5-8,10-12H,9H2,1-4H3/p+1. The van der Waals surface area contributed by atoms with Crippen LogP contribution in [0.5, 0.6) is 23.0 Å². The van der Waals surface area contributed by atoms with E-state index in [0.29, 0.717) is 23.7 Å². The summed E-state index contributed by atoms with van der Waals surface area (Å²) in [5.41, 5.74) is 2.22. The highest BCUT2D eigenvalue weighted by Crippen LogP contribution is 2.33. The fraction of sp³-hybridized carbons (Fsp3) is 0.250. The molecular weight excluding hydrogens is 318 g/mol. The number of rotatable bonds is 5. The number of hydrogen-bond donors (Lipinski definition) is 1. The van der Waals surface area contributed by atoms with E-state index in [2.05, 4.69) is 4.57 Å². The summed E-state index contributed by atoms with van der Waals surface area (Å²) >= 11 is 0. The Morgan fingerprint density at radius 2 is 1.60 bits per heavy atom. The number of phenolic OH excluding ortho intramolecular Hbond substituents is 1. The largest absolute Gasteiger partial charge is 0.504 e. The Labute approximate surface area is 147 Å². The number of hydrogen-bond acceptors (Lipinski definition) is 4. The second-order valence-electron chi connectivity index (χ2n) is 5.85. The minimum Gasteiger partial charge on any atom is -0.504 e. The van der Waals surface area contributed by atoms with Crippen molar-refractivity contribution in [2.75, 3.05) is 21.3 Å². The number of nitrogens with zero attached hydrogens (tertiary/aromatic N) is 1. The predicted octanol–water partition coefficient (Wildman–Crippen LogP) is 2.99. The van der Waals surface area contributed by atoms with Crippen molar-refractivity contribution in [1.29, 1.82) is 0 Å². The number of pyridine rings is 1. The normalized spacial score (nSPS) is 10.7. The minimum absolute atomic E-state index is 0.140. The summed E-state index contributed by atoms with van der Waals surface area (Å²) in [7, 11) is 6.82. The zero-order valence-corrected chi connectivity index (χ0v) is 14.9. The summed E-state index contributed by atoms with van der Waals surface area (Å²) in [5, 5.41) is 12.0. The van der Waals surface area contributed by atoms with E-state index in [1.54, 1.807) is 27.4 Å². The number of fused-ring (bicyclic) bond motifs is 1.